The third kappa shape index (κ3) is 5.44. The predicted octanol–water partition coefficient (Wildman–Crippen LogP) is 5.08. The van der Waals surface area contributed by atoms with Crippen LogP contribution in [-0.4, -0.2) is 59.7 Å². The SMILES string of the molecule is C=C1/C(=C\C=C2/CCC[C@]3(C)[C@@H](C(C)CN4CC[C@@H](OC(F)F)C4)CC[C@@H]23)C[C@@H](O)C[C@@H]1O. The Balaban J connectivity index is 1.42. The Bertz CT molecular complexity index is 781. The quantitative estimate of drug-likeness (QED) is 0.575. The largest absolute Gasteiger partial charge is 0.393 e. The minimum Gasteiger partial charge on any atom is -0.393 e. The van der Waals surface area contributed by atoms with Crippen LogP contribution in [0.15, 0.2) is 35.5 Å². The van der Waals surface area contributed by atoms with Crippen LogP contribution in [0.2, 0.25) is 0 Å². The average molecular weight is 466 g/mol. The Hall–Kier alpha value is -1.08. The van der Waals surface area contributed by atoms with Crippen molar-refractivity contribution in [2.24, 2.45) is 23.2 Å². The van der Waals surface area contributed by atoms with Gasteiger partial charge in [0.15, 0.2) is 0 Å². The lowest BCUT2D eigenvalue weighted by molar-refractivity contribution is -0.158. The summed E-state index contributed by atoms with van der Waals surface area (Å²) in [6.45, 7) is 8.58. The molecule has 33 heavy (non-hydrogen) atoms. The molecule has 1 saturated heterocycles. The molecule has 4 nitrogen and oxygen atoms in total. The first kappa shape index (κ1) is 25.0. The normalized spacial score (nSPS) is 41.3. The van der Waals surface area contributed by atoms with Crippen LogP contribution in [0.25, 0.3) is 0 Å². The summed E-state index contributed by atoms with van der Waals surface area (Å²) < 4.78 is 29.9. The van der Waals surface area contributed by atoms with E-state index in [2.05, 4.69) is 37.5 Å². The van der Waals surface area contributed by atoms with Gasteiger partial charge in [0.2, 0.25) is 0 Å². The van der Waals surface area contributed by atoms with Gasteiger partial charge >= 0.3 is 6.61 Å². The van der Waals surface area contributed by atoms with Crippen molar-refractivity contribution >= 4 is 0 Å². The molecule has 2 N–H and O–H groups in total. The molecule has 1 aliphatic heterocycles. The fourth-order valence-electron chi connectivity index (χ4n) is 7.43. The second-order valence-corrected chi connectivity index (χ2v) is 11.2. The minimum atomic E-state index is -2.68. The lowest BCUT2D eigenvalue weighted by Crippen LogP contribution is -2.39. The van der Waals surface area contributed by atoms with Crippen LogP contribution in [-0.2, 0) is 4.74 Å². The summed E-state index contributed by atoms with van der Waals surface area (Å²) in [4.78, 5) is 2.31. The zero-order chi connectivity index (χ0) is 23.8. The number of alkyl halides is 2. The molecule has 0 aromatic carbocycles. The number of allylic oxidation sites excluding steroid dienone is 3. The van der Waals surface area contributed by atoms with E-state index in [0.717, 1.165) is 30.7 Å². The summed E-state index contributed by atoms with van der Waals surface area (Å²) in [7, 11) is 0. The molecule has 1 heterocycles. The van der Waals surface area contributed by atoms with Gasteiger partial charge in [-0.3, -0.25) is 0 Å². The van der Waals surface area contributed by atoms with Gasteiger partial charge in [0.05, 0.1) is 18.3 Å². The number of rotatable bonds is 6. The number of nitrogens with zero attached hydrogens (tertiary/aromatic N) is 1. The van der Waals surface area contributed by atoms with Gasteiger partial charge in [0.1, 0.15) is 0 Å². The highest BCUT2D eigenvalue weighted by atomic mass is 19.3. The van der Waals surface area contributed by atoms with Crippen LogP contribution >= 0.6 is 0 Å². The zero-order valence-electron chi connectivity index (χ0n) is 20.2. The summed E-state index contributed by atoms with van der Waals surface area (Å²) in [5.41, 5.74) is 3.48. The van der Waals surface area contributed by atoms with E-state index >= 15 is 0 Å². The molecule has 4 rings (SSSR count). The number of aliphatic hydroxyl groups excluding tert-OH is 2. The first-order chi connectivity index (χ1) is 15.7. The average Bonchev–Trinajstić information content (AvgIpc) is 3.32. The molecule has 186 valence electrons. The number of hydrogen-bond donors (Lipinski definition) is 2. The Labute approximate surface area is 197 Å². The van der Waals surface area contributed by atoms with Gasteiger partial charge in [-0.05, 0) is 79.3 Å². The van der Waals surface area contributed by atoms with Crippen LogP contribution in [0.4, 0.5) is 8.78 Å². The first-order valence-corrected chi connectivity index (χ1v) is 12.8. The number of halogens is 2. The summed E-state index contributed by atoms with van der Waals surface area (Å²) in [5.74, 6) is 1.71. The molecule has 3 saturated carbocycles. The van der Waals surface area contributed by atoms with Gasteiger partial charge in [-0.15, -0.1) is 0 Å². The van der Waals surface area contributed by atoms with Crippen LogP contribution in [0.1, 0.15) is 65.2 Å². The summed E-state index contributed by atoms with van der Waals surface area (Å²) in [6.07, 6.45) is 10.4. The van der Waals surface area contributed by atoms with E-state index in [1.807, 2.05) is 0 Å². The maximum absolute atomic E-state index is 12.6. The monoisotopic (exact) mass is 465 g/mol. The number of likely N-dealkylation sites (tertiary alicyclic amines) is 1. The molecule has 4 fully saturated rings. The molecule has 1 unspecified atom stereocenters. The van der Waals surface area contributed by atoms with Crippen molar-refractivity contribution in [1.29, 1.82) is 0 Å². The van der Waals surface area contributed by atoms with Gasteiger partial charge in [-0.25, -0.2) is 0 Å². The number of ether oxygens (including phenoxy) is 1. The van der Waals surface area contributed by atoms with Crippen LogP contribution < -0.4 is 0 Å². The molecule has 0 aromatic rings. The molecular weight excluding hydrogens is 424 g/mol. The van der Waals surface area contributed by atoms with Crippen molar-refractivity contribution in [3.63, 3.8) is 0 Å². The Kier molecular flexibility index (Phi) is 7.79. The topological polar surface area (TPSA) is 52.9 Å². The second kappa shape index (κ2) is 10.3. The van der Waals surface area contributed by atoms with Crippen molar-refractivity contribution in [3.05, 3.63) is 35.5 Å². The number of hydrogen-bond acceptors (Lipinski definition) is 4. The number of aliphatic hydroxyl groups is 2. The summed E-state index contributed by atoms with van der Waals surface area (Å²) in [6, 6.07) is 0. The lowest BCUT2D eigenvalue weighted by Gasteiger charge is -2.45. The maximum atomic E-state index is 12.6. The minimum absolute atomic E-state index is 0.267. The van der Waals surface area contributed by atoms with Crippen molar-refractivity contribution in [2.45, 2.75) is 90.1 Å². The van der Waals surface area contributed by atoms with E-state index in [4.69, 9.17) is 4.74 Å². The molecule has 3 aliphatic carbocycles. The van der Waals surface area contributed by atoms with Gasteiger partial charge in [0, 0.05) is 26.1 Å². The van der Waals surface area contributed by atoms with Gasteiger partial charge < -0.3 is 19.8 Å². The smallest absolute Gasteiger partial charge is 0.345 e. The third-order valence-electron chi connectivity index (χ3n) is 9.06. The molecule has 0 bridgehead atoms. The molecule has 0 amide bonds. The van der Waals surface area contributed by atoms with E-state index in [1.165, 1.54) is 31.3 Å². The van der Waals surface area contributed by atoms with Crippen LogP contribution in [0.5, 0.6) is 0 Å². The highest BCUT2D eigenvalue weighted by molar-refractivity contribution is 5.38. The molecule has 7 atom stereocenters. The fourth-order valence-corrected chi connectivity index (χ4v) is 7.43. The summed E-state index contributed by atoms with van der Waals surface area (Å²) >= 11 is 0. The van der Waals surface area contributed by atoms with E-state index < -0.39 is 18.8 Å². The van der Waals surface area contributed by atoms with Crippen molar-refractivity contribution in [2.75, 3.05) is 19.6 Å². The Morgan fingerprint density at radius 2 is 2.03 bits per heavy atom. The molecule has 0 radical (unpaired) electrons. The second-order valence-electron chi connectivity index (χ2n) is 11.2. The lowest BCUT2D eigenvalue weighted by atomic mass is 9.61. The number of fused-ring (bicyclic) bond motifs is 1. The van der Waals surface area contributed by atoms with Crippen LogP contribution in [0.3, 0.4) is 0 Å². The van der Waals surface area contributed by atoms with E-state index in [0.29, 0.717) is 43.6 Å². The highest BCUT2D eigenvalue weighted by Gasteiger charge is 2.51. The molecule has 4 aliphatic rings. The van der Waals surface area contributed by atoms with Crippen LogP contribution in [0, 0.1) is 23.2 Å². The highest BCUT2D eigenvalue weighted by Crippen LogP contribution is 2.59. The molecule has 0 spiro atoms. The van der Waals surface area contributed by atoms with Gasteiger partial charge in [0.25, 0.3) is 0 Å². The van der Waals surface area contributed by atoms with E-state index in [-0.39, 0.29) is 11.5 Å². The molecular formula is C27H41F2NO3. The zero-order valence-corrected chi connectivity index (χ0v) is 20.2. The third-order valence-corrected chi connectivity index (χ3v) is 9.06. The predicted molar refractivity (Wildman–Crippen MR) is 126 cm³/mol. The van der Waals surface area contributed by atoms with E-state index in [9.17, 15) is 19.0 Å². The van der Waals surface area contributed by atoms with Crippen molar-refractivity contribution in [3.8, 4) is 0 Å². The maximum Gasteiger partial charge on any atom is 0.345 e. The van der Waals surface area contributed by atoms with Crippen molar-refractivity contribution < 1.29 is 23.7 Å². The van der Waals surface area contributed by atoms with Crippen molar-refractivity contribution in [1.82, 2.24) is 4.90 Å². The first-order valence-electron chi connectivity index (χ1n) is 12.8. The van der Waals surface area contributed by atoms with Gasteiger partial charge in [-0.2, -0.15) is 8.78 Å². The molecule has 0 aromatic heterocycles. The Morgan fingerprint density at radius 1 is 1.24 bits per heavy atom. The van der Waals surface area contributed by atoms with E-state index in [1.54, 1.807) is 0 Å². The molecule has 6 heteroatoms. The van der Waals surface area contributed by atoms with Gasteiger partial charge in [-0.1, -0.05) is 38.2 Å². The standard InChI is InChI=1S/C27H41F2NO3/c1-17(15-30-12-10-22(16-30)33-26(28)29)23-8-9-24-19(5-4-11-27(23,24)3)6-7-20-13-21(31)14-25(32)18(20)2/h6-7,17,21-26,31-32H,2,4-5,8-16H2,1,3H3/b19-6+,20-7-/t17?,21-,22-,23-,24+,25+,27-/m1/s1. The Morgan fingerprint density at radius 3 is 2.79 bits per heavy atom. The fraction of sp³-hybridized carbons (Fsp3) is 0.778. The summed E-state index contributed by atoms with van der Waals surface area (Å²) in [5, 5.41) is 20.2.